The number of rotatable bonds is 9. The average Bonchev–Trinajstić information content (AvgIpc) is 2.63. The van der Waals surface area contributed by atoms with Gasteiger partial charge in [0.2, 0.25) is 0 Å². The van der Waals surface area contributed by atoms with Crippen molar-refractivity contribution >= 4 is 21.6 Å². The molecule has 0 bridgehead atoms. The maximum absolute atomic E-state index is 12.7. The molecule has 0 heterocycles. The van der Waals surface area contributed by atoms with Gasteiger partial charge in [-0.2, -0.15) is 0 Å². The molecule has 0 radical (unpaired) electrons. The van der Waals surface area contributed by atoms with Crippen molar-refractivity contribution in [2.45, 2.75) is 18.7 Å². The van der Waals surface area contributed by atoms with E-state index in [0.29, 0.717) is 42.3 Å². The van der Waals surface area contributed by atoms with E-state index in [9.17, 15) is 13.2 Å². The second kappa shape index (κ2) is 9.38. The summed E-state index contributed by atoms with van der Waals surface area (Å²) in [5, 5.41) is 2.69. The minimum atomic E-state index is -3.83. The highest BCUT2D eigenvalue weighted by Gasteiger charge is 2.18. The van der Waals surface area contributed by atoms with Crippen molar-refractivity contribution < 1.29 is 22.7 Å². The second-order valence-corrected chi connectivity index (χ2v) is 7.47. The van der Waals surface area contributed by atoms with Crippen molar-refractivity contribution in [1.82, 2.24) is 5.32 Å². The minimum absolute atomic E-state index is 0.0128. The van der Waals surface area contributed by atoms with Gasteiger partial charge in [-0.05, 0) is 55.8 Å². The molecular formula is C19H24N2O5S. The number of carbonyl (C=O) groups is 1. The van der Waals surface area contributed by atoms with E-state index in [1.54, 1.807) is 37.3 Å². The van der Waals surface area contributed by atoms with E-state index in [-0.39, 0.29) is 10.8 Å². The fraction of sp³-hybridized carbons (Fsp3) is 0.316. The number of nitrogens with one attached hydrogen (secondary N) is 2. The normalized spacial score (nSPS) is 11.1. The highest BCUT2D eigenvalue weighted by atomic mass is 32.2. The summed E-state index contributed by atoms with van der Waals surface area (Å²) in [5.74, 6) is 0.313. The molecule has 0 aliphatic heterocycles. The number of aryl methyl sites for hydroxylation is 1. The van der Waals surface area contributed by atoms with Gasteiger partial charge in [-0.3, -0.25) is 9.52 Å². The third kappa shape index (κ3) is 5.70. The molecule has 8 heteroatoms. The van der Waals surface area contributed by atoms with Crippen LogP contribution in [0.15, 0.2) is 47.4 Å². The SMILES string of the molecule is CCOc1ccc(NS(=O)(=O)c2ccc(C)c(C(=O)NCCOC)c2)cc1. The zero-order valence-electron chi connectivity index (χ0n) is 15.6. The van der Waals surface area contributed by atoms with Crippen molar-refractivity contribution in [2.75, 3.05) is 31.6 Å². The van der Waals surface area contributed by atoms with Crippen LogP contribution in [0.1, 0.15) is 22.8 Å². The Labute approximate surface area is 159 Å². The molecule has 0 saturated carbocycles. The van der Waals surface area contributed by atoms with E-state index in [2.05, 4.69) is 10.0 Å². The number of hydrogen-bond donors (Lipinski definition) is 2. The maximum Gasteiger partial charge on any atom is 0.261 e. The molecule has 0 aliphatic rings. The van der Waals surface area contributed by atoms with E-state index in [1.807, 2.05) is 6.92 Å². The molecule has 7 nitrogen and oxygen atoms in total. The Morgan fingerprint density at radius 1 is 1.11 bits per heavy atom. The van der Waals surface area contributed by atoms with Gasteiger partial charge < -0.3 is 14.8 Å². The van der Waals surface area contributed by atoms with E-state index in [1.165, 1.54) is 19.2 Å². The lowest BCUT2D eigenvalue weighted by molar-refractivity contribution is 0.0936. The Kier molecular flexibility index (Phi) is 7.20. The lowest BCUT2D eigenvalue weighted by Gasteiger charge is -2.12. The van der Waals surface area contributed by atoms with E-state index in [0.717, 1.165) is 0 Å². The largest absolute Gasteiger partial charge is 0.494 e. The first-order valence-electron chi connectivity index (χ1n) is 8.51. The van der Waals surface area contributed by atoms with Crippen molar-refractivity contribution in [3.8, 4) is 5.75 Å². The highest BCUT2D eigenvalue weighted by molar-refractivity contribution is 7.92. The molecule has 1 amide bonds. The Bertz CT molecular complexity index is 879. The molecular weight excluding hydrogens is 368 g/mol. The summed E-state index contributed by atoms with van der Waals surface area (Å²) in [5.41, 5.74) is 1.40. The van der Waals surface area contributed by atoms with Crippen molar-refractivity contribution in [1.29, 1.82) is 0 Å². The number of carbonyl (C=O) groups excluding carboxylic acids is 1. The van der Waals surface area contributed by atoms with Crippen LogP contribution >= 0.6 is 0 Å². The third-order valence-corrected chi connectivity index (χ3v) is 5.15. The standard InChI is InChI=1S/C19H24N2O5S/c1-4-26-16-8-6-15(7-9-16)21-27(23,24)17-10-5-14(2)18(13-17)19(22)20-11-12-25-3/h5-10,13,21H,4,11-12H2,1-3H3,(H,20,22). The molecule has 0 atom stereocenters. The molecule has 27 heavy (non-hydrogen) atoms. The number of sulfonamides is 1. The second-order valence-electron chi connectivity index (χ2n) is 5.79. The zero-order valence-corrected chi connectivity index (χ0v) is 16.4. The van der Waals surface area contributed by atoms with Crippen LogP contribution in [0, 0.1) is 6.92 Å². The van der Waals surface area contributed by atoms with Gasteiger partial charge in [0, 0.05) is 24.9 Å². The van der Waals surface area contributed by atoms with Gasteiger partial charge in [-0.1, -0.05) is 6.07 Å². The van der Waals surface area contributed by atoms with Gasteiger partial charge in [0.15, 0.2) is 0 Å². The monoisotopic (exact) mass is 392 g/mol. The number of benzene rings is 2. The number of anilines is 1. The molecule has 0 fully saturated rings. The average molecular weight is 392 g/mol. The molecule has 0 saturated heterocycles. The molecule has 0 aliphatic carbocycles. The summed E-state index contributed by atoms with van der Waals surface area (Å²) in [6.45, 7) is 4.88. The minimum Gasteiger partial charge on any atom is -0.494 e. The van der Waals surface area contributed by atoms with Crippen molar-refractivity contribution in [3.05, 3.63) is 53.6 Å². The van der Waals surface area contributed by atoms with Gasteiger partial charge in [-0.25, -0.2) is 8.42 Å². The summed E-state index contributed by atoms with van der Waals surface area (Å²) in [6, 6.07) is 11.1. The van der Waals surface area contributed by atoms with Gasteiger partial charge in [-0.15, -0.1) is 0 Å². The molecule has 146 valence electrons. The van der Waals surface area contributed by atoms with E-state index in [4.69, 9.17) is 9.47 Å². The van der Waals surface area contributed by atoms with Crippen LogP contribution in [0.25, 0.3) is 0 Å². The number of hydrogen-bond acceptors (Lipinski definition) is 5. The Hall–Kier alpha value is -2.58. The van der Waals surface area contributed by atoms with Crippen LogP contribution in [0.4, 0.5) is 5.69 Å². The van der Waals surface area contributed by atoms with Crippen molar-refractivity contribution in [3.63, 3.8) is 0 Å². The molecule has 2 aromatic carbocycles. The summed E-state index contributed by atoms with van der Waals surface area (Å²) in [4.78, 5) is 12.3. The third-order valence-electron chi connectivity index (χ3n) is 3.77. The van der Waals surface area contributed by atoms with Gasteiger partial charge in [0.25, 0.3) is 15.9 Å². The summed E-state index contributed by atoms with van der Waals surface area (Å²) >= 11 is 0. The topological polar surface area (TPSA) is 93.7 Å². The van der Waals surface area contributed by atoms with E-state index >= 15 is 0 Å². The zero-order chi connectivity index (χ0) is 19.9. The molecule has 0 aromatic heterocycles. The predicted molar refractivity (Wildman–Crippen MR) is 104 cm³/mol. The fourth-order valence-electron chi connectivity index (χ4n) is 2.37. The van der Waals surface area contributed by atoms with E-state index < -0.39 is 10.0 Å². The maximum atomic E-state index is 12.7. The first-order valence-corrected chi connectivity index (χ1v) is 9.99. The highest BCUT2D eigenvalue weighted by Crippen LogP contribution is 2.21. The van der Waals surface area contributed by atoms with Gasteiger partial charge in [0.05, 0.1) is 18.1 Å². The Morgan fingerprint density at radius 3 is 2.44 bits per heavy atom. The van der Waals surface area contributed by atoms with Crippen LogP contribution in [-0.2, 0) is 14.8 Å². The summed E-state index contributed by atoms with van der Waals surface area (Å²) < 4.78 is 38.1. The fourth-order valence-corrected chi connectivity index (χ4v) is 3.46. The Balaban J connectivity index is 2.20. The Morgan fingerprint density at radius 2 is 1.81 bits per heavy atom. The molecule has 2 rings (SSSR count). The van der Waals surface area contributed by atoms with Gasteiger partial charge >= 0.3 is 0 Å². The quantitative estimate of drug-likeness (QED) is 0.640. The molecule has 2 N–H and O–H groups in total. The van der Waals surface area contributed by atoms with Crippen molar-refractivity contribution in [2.24, 2.45) is 0 Å². The molecule has 2 aromatic rings. The van der Waals surface area contributed by atoms with Crippen LogP contribution in [0.5, 0.6) is 5.75 Å². The summed E-state index contributed by atoms with van der Waals surface area (Å²) in [7, 11) is -2.29. The number of methoxy groups -OCH3 is 1. The van der Waals surface area contributed by atoms with Crippen LogP contribution in [0.2, 0.25) is 0 Å². The van der Waals surface area contributed by atoms with Gasteiger partial charge in [0.1, 0.15) is 5.75 Å². The molecule has 0 spiro atoms. The lowest BCUT2D eigenvalue weighted by Crippen LogP contribution is -2.28. The van der Waals surface area contributed by atoms with Crippen LogP contribution in [-0.4, -0.2) is 41.2 Å². The number of amides is 1. The lowest BCUT2D eigenvalue weighted by atomic mass is 10.1. The number of ether oxygens (including phenoxy) is 2. The van der Waals surface area contributed by atoms with Crippen LogP contribution in [0.3, 0.4) is 0 Å². The first-order chi connectivity index (χ1) is 12.9. The molecule has 0 unspecified atom stereocenters. The predicted octanol–water partition coefficient (Wildman–Crippen LogP) is 2.57. The summed E-state index contributed by atoms with van der Waals surface area (Å²) in [6.07, 6.45) is 0. The first kappa shape index (κ1) is 20.7. The smallest absolute Gasteiger partial charge is 0.261 e. The van der Waals surface area contributed by atoms with Crippen LogP contribution < -0.4 is 14.8 Å².